The van der Waals surface area contributed by atoms with Gasteiger partial charge in [-0.2, -0.15) is 0 Å². The van der Waals surface area contributed by atoms with Gasteiger partial charge < -0.3 is 9.47 Å². The molecule has 0 spiro atoms. The number of hydrogen-bond donors (Lipinski definition) is 2. The van der Waals surface area contributed by atoms with Crippen molar-refractivity contribution in [3.63, 3.8) is 0 Å². The zero-order valence-corrected chi connectivity index (χ0v) is 9.13. The van der Waals surface area contributed by atoms with Crippen molar-refractivity contribution in [2.75, 3.05) is 20.3 Å². The van der Waals surface area contributed by atoms with Gasteiger partial charge in [0.15, 0.2) is 0 Å². The molecule has 0 fully saturated rings. The van der Waals surface area contributed by atoms with Crippen LogP contribution in [0.25, 0.3) is 0 Å². The number of hydrogen-bond acceptors (Lipinski definition) is 4. The lowest BCUT2D eigenvalue weighted by atomic mass is 10.1. The second-order valence-electron chi connectivity index (χ2n) is 3.64. The molecule has 0 aliphatic carbocycles. The van der Waals surface area contributed by atoms with Crippen molar-refractivity contribution >= 4 is 5.91 Å². The van der Waals surface area contributed by atoms with Crippen LogP contribution in [0.4, 0.5) is 0 Å². The van der Waals surface area contributed by atoms with Crippen molar-refractivity contribution in [1.82, 2.24) is 5.43 Å². The maximum atomic E-state index is 10.7. The predicted molar refractivity (Wildman–Crippen MR) is 53.5 cm³/mol. The monoisotopic (exact) mass is 204 g/mol. The first-order valence-corrected chi connectivity index (χ1v) is 4.64. The number of methoxy groups -OCH3 is 1. The number of carbonyl (C=O) groups excluding carboxylic acids is 1. The Kier molecular flexibility index (Phi) is 6.44. The molecule has 84 valence electrons. The van der Waals surface area contributed by atoms with E-state index < -0.39 is 0 Å². The lowest BCUT2D eigenvalue weighted by molar-refractivity contribution is -0.122. The summed E-state index contributed by atoms with van der Waals surface area (Å²) in [6, 6.07) is 0. The fraction of sp³-hybridized carbons (Fsp3) is 0.889. The molecule has 0 unspecified atom stereocenters. The lowest BCUT2D eigenvalue weighted by Crippen LogP contribution is -2.31. The topological polar surface area (TPSA) is 73.6 Å². The predicted octanol–water partition coefficient (Wildman–Crippen LogP) is 0.198. The first-order valence-electron chi connectivity index (χ1n) is 4.64. The van der Waals surface area contributed by atoms with Crippen LogP contribution in [0, 0.1) is 0 Å². The summed E-state index contributed by atoms with van der Waals surface area (Å²) in [6.07, 6.45) is 1.09. The van der Waals surface area contributed by atoms with Gasteiger partial charge in [0.2, 0.25) is 5.91 Å². The standard InChI is InChI=1S/C9H20N2O3/c1-9(2,13-3)5-7-14-6-4-8(12)11-10/h4-7,10H2,1-3H3,(H,11,12). The highest BCUT2D eigenvalue weighted by Crippen LogP contribution is 2.12. The van der Waals surface area contributed by atoms with Crippen molar-refractivity contribution in [3.8, 4) is 0 Å². The van der Waals surface area contributed by atoms with Gasteiger partial charge in [-0.05, 0) is 20.3 Å². The molecule has 0 saturated heterocycles. The van der Waals surface area contributed by atoms with Gasteiger partial charge in [-0.3, -0.25) is 10.2 Å². The third-order valence-corrected chi connectivity index (χ3v) is 2.04. The second-order valence-corrected chi connectivity index (χ2v) is 3.64. The first-order chi connectivity index (χ1) is 6.52. The average Bonchev–Trinajstić information content (AvgIpc) is 2.17. The van der Waals surface area contributed by atoms with Crippen LogP contribution >= 0.6 is 0 Å². The Morgan fingerprint density at radius 1 is 1.43 bits per heavy atom. The van der Waals surface area contributed by atoms with E-state index in [1.54, 1.807) is 7.11 Å². The van der Waals surface area contributed by atoms with Crippen molar-refractivity contribution in [3.05, 3.63) is 0 Å². The number of carbonyl (C=O) groups is 1. The molecule has 0 rings (SSSR count). The summed E-state index contributed by atoms with van der Waals surface area (Å²) in [7, 11) is 1.67. The Morgan fingerprint density at radius 2 is 2.07 bits per heavy atom. The number of ether oxygens (including phenoxy) is 2. The molecule has 0 aliphatic rings. The normalized spacial score (nSPS) is 11.4. The van der Waals surface area contributed by atoms with Gasteiger partial charge in [0.05, 0.1) is 18.6 Å². The highest BCUT2D eigenvalue weighted by molar-refractivity contribution is 5.75. The van der Waals surface area contributed by atoms with Gasteiger partial charge >= 0.3 is 0 Å². The summed E-state index contributed by atoms with van der Waals surface area (Å²) in [5.41, 5.74) is 1.87. The van der Waals surface area contributed by atoms with E-state index in [1.165, 1.54) is 0 Å². The average molecular weight is 204 g/mol. The summed E-state index contributed by atoms with van der Waals surface area (Å²) < 4.78 is 10.5. The van der Waals surface area contributed by atoms with E-state index in [0.29, 0.717) is 19.6 Å². The van der Waals surface area contributed by atoms with Crippen molar-refractivity contribution in [1.29, 1.82) is 0 Å². The molecule has 1 amide bonds. The maximum Gasteiger partial charge on any atom is 0.236 e. The van der Waals surface area contributed by atoms with Crippen LogP contribution in [-0.2, 0) is 14.3 Å². The number of nitrogens with one attached hydrogen (secondary N) is 1. The van der Waals surface area contributed by atoms with Crippen LogP contribution < -0.4 is 11.3 Å². The Balaban J connectivity index is 3.34. The molecule has 0 radical (unpaired) electrons. The summed E-state index contributed by atoms with van der Waals surface area (Å²) in [5, 5.41) is 0. The fourth-order valence-corrected chi connectivity index (χ4v) is 0.759. The minimum Gasteiger partial charge on any atom is -0.381 e. The number of rotatable bonds is 7. The number of hydrazine groups is 1. The zero-order chi connectivity index (χ0) is 11.0. The Morgan fingerprint density at radius 3 is 2.57 bits per heavy atom. The molecule has 5 nitrogen and oxygen atoms in total. The molecule has 0 atom stereocenters. The minimum atomic E-state index is -0.212. The third kappa shape index (κ3) is 6.82. The third-order valence-electron chi connectivity index (χ3n) is 2.04. The molecule has 0 bridgehead atoms. The summed E-state index contributed by atoms with van der Waals surface area (Å²) in [6.45, 7) is 4.95. The molecule has 0 aromatic carbocycles. The molecular formula is C9H20N2O3. The van der Waals surface area contributed by atoms with E-state index in [-0.39, 0.29) is 11.5 Å². The van der Waals surface area contributed by atoms with Gasteiger partial charge in [0.1, 0.15) is 0 Å². The summed E-state index contributed by atoms with van der Waals surface area (Å²) in [5.74, 6) is 4.69. The Labute approximate surface area is 84.9 Å². The maximum absolute atomic E-state index is 10.7. The fourth-order valence-electron chi connectivity index (χ4n) is 0.759. The minimum absolute atomic E-state index is 0.171. The van der Waals surface area contributed by atoms with Crippen LogP contribution in [0.3, 0.4) is 0 Å². The van der Waals surface area contributed by atoms with Crippen molar-refractivity contribution in [2.45, 2.75) is 32.3 Å². The van der Waals surface area contributed by atoms with Crippen LogP contribution in [0.5, 0.6) is 0 Å². The van der Waals surface area contributed by atoms with Crippen LogP contribution in [0.1, 0.15) is 26.7 Å². The largest absolute Gasteiger partial charge is 0.381 e. The van der Waals surface area contributed by atoms with E-state index >= 15 is 0 Å². The zero-order valence-electron chi connectivity index (χ0n) is 9.13. The highest BCUT2D eigenvalue weighted by Gasteiger charge is 2.15. The van der Waals surface area contributed by atoms with E-state index in [4.69, 9.17) is 15.3 Å². The molecule has 0 aromatic heterocycles. The molecule has 3 N–H and O–H groups in total. The van der Waals surface area contributed by atoms with Gasteiger partial charge in [-0.15, -0.1) is 0 Å². The van der Waals surface area contributed by atoms with Gasteiger partial charge in [0.25, 0.3) is 0 Å². The van der Waals surface area contributed by atoms with Crippen molar-refractivity contribution in [2.24, 2.45) is 5.84 Å². The van der Waals surface area contributed by atoms with E-state index in [0.717, 1.165) is 6.42 Å². The van der Waals surface area contributed by atoms with Crippen molar-refractivity contribution < 1.29 is 14.3 Å². The molecule has 0 aliphatic heterocycles. The summed E-state index contributed by atoms with van der Waals surface area (Å²) in [4.78, 5) is 10.7. The van der Waals surface area contributed by atoms with Crippen LogP contribution in [-0.4, -0.2) is 31.8 Å². The van der Waals surface area contributed by atoms with E-state index in [9.17, 15) is 4.79 Å². The first kappa shape index (κ1) is 13.4. The molecule has 0 aromatic rings. The van der Waals surface area contributed by atoms with Gasteiger partial charge in [-0.25, -0.2) is 5.84 Å². The quantitative estimate of drug-likeness (QED) is 0.269. The van der Waals surface area contributed by atoms with Crippen LogP contribution in [0.15, 0.2) is 0 Å². The molecule has 0 heterocycles. The van der Waals surface area contributed by atoms with E-state index in [1.807, 2.05) is 19.3 Å². The van der Waals surface area contributed by atoms with E-state index in [2.05, 4.69) is 0 Å². The second kappa shape index (κ2) is 6.75. The molecule has 5 heteroatoms. The SMILES string of the molecule is COC(C)(C)CCOCCC(=O)NN. The van der Waals surface area contributed by atoms with Gasteiger partial charge in [0, 0.05) is 13.7 Å². The smallest absolute Gasteiger partial charge is 0.236 e. The highest BCUT2D eigenvalue weighted by atomic mass is 16.5. The number of amides is 1. The molecular weight excluding hydrogens is 184 g/mol. The van der Waals surface area contributed by atoms with Gasteiger partial charge in [-0.1, -0.05) is 0 Å². The Bertz CT molecular complexity index is 171. The molecule has 0 saturated carbocycles. The van der Waals surface area contributed by atoms with Crippen LogP contribution in [0.2, 0.25) is 0 Å². The number of nitrogens with two attached hydrogens (primary N) is 1. The summed E-state index contributed by atoms with van der Waals surface area (Å²) >= 11 is 0. The lowest BCUT2D eigenvalue weighted by Gasteiger charge is -2.22. The molecule has 14 heavy (non-hydrogen) atoms. The Hall–Kier alpha value is -0.650.